The van der Waals surface area contributed by atoms with Crippen LogP contribution in [0, 0.1) is 17.2 Å². The first-order chi connectivity index (χ1) is 8.69. The van der Waals surface area contributed by atoms with E-state index in [0.717, 1.165) is 31.9 Å². The number of anilines is 1. The average Bonchev–Trinajstić information content (AvgIpc) is 2.85. The van der Waals surface area contributed by atoms with Crippen molar-refractivity contribution in [3.63, 3.8) is 0 Å². The second-order valence-electron chi connectivity index (χ2n) is 4.96. The highest BCUT2D eigenvalue weighted by atomic mass is 16.5. The van der Waals surface area contributed by atoms with E-state index in [4.69, 9.17) is 10.00 Å². The molecule has 0 radical (unpaired) electrons. The molecule has 0 bridgehead atoms. The maximum Gasteiger partial charge on any atom is 0.158 e. The molecule has 1 aliphatic heterocycles. The normalized spacial score (nSPS) is 19.2. The Kier molecular flexibility index (Phi) is 4.11. The minimum atomic E-state index is 0.282. The lowest BCUT2D eigenvalue weighted by Crippen LogP contribution is -2.24. The predicted molar refractivity (Wildman–Crippen MR) is 68.2 cm³/mol. The van der Waals surface area contributed by atoms with Crippen molar-refractivity contribution in [3.8, 4) is 6.07 Å². The molecule has 1 aromatic rings. The van der Waals surface area contributed by atoms with Gasteiger partial charge >= 0.3 is 0 Å². The zero-order chi connectivity index (χ0) is 13.0. The molecule has 0 spiro atoms. The van der Waals surface area contributed by atoms with Crippen molar-refractivity contribution in [2.75, 3.05) is 24.6 Å². The monoisotopic (exact) mass is 246 g/mol. The van der Waals surface area contributed by atoms with Crippen LogP contribution < -0.4 is 4.90 Å². The zero-order valence-corrected chi connectivity index (χ0v) is 10.8. The summed E-state index contributed by atoms with van der Waals surface area (Å²) in [5, 5.41) is 8.67. The van der Waals surface area contributed by atoms with Gasteiger partial charge in [0.15, 0.2) is 5.69 Å². The van der Waals surface area contributed by atoms with Gasteiger partial charge < -0.3 is 9.64 Å². The first kappa shape index (κ1) is 12.8. The molecule has 2 rings (SSSR count). The molecule has 96 valence electrons. The summed E-state index contributed by atoms with van der Waals surface area (Å²) in [4.78, 5) is 10.4. The van der Waals surface area contributed by atoms with Crippen molar-refractivity contribution in [2.45, 2.75) is 26.4 Å². The summed E-state index contributed by atoms with van der Waals surface area (Å²) in [5.74, 6) is 1.39. The third kappa shape index (κ3) is 3.17. The van der Waals surface area contributed by atoms with Gasteiger partial charge in [-0.05, 0) is 12.3 Å². The predicted octanol–water partition coefficient (Wildman–Crippen LogP) is 1.60. The van der Waals surface area contributed by atoms with Crippen LogP contribution in [0.1, 0.15) is 26.0 Å². The molecule has 1 aromatic heterocycles. The van der Waals surface area contributed by atoms with E-state index in [1.165, 1.54) is 6.20 Å². The van der Waals surface area contributed by atoms with E-state index in [-0.39, 0.29) is 6.10 Å². The van der Waals surface area contributed by atoms with Crippen molar-refractivity contribution in [1.29, 1.82) is 5.26 Å². The van der Waals surface area contributed by atoms with Gasteiger partial charge in [-0.1, -0.05) is 13.8 Å². The van der Waals surface area contributed by atoms with Crippen LogP contribution in [0.25, 0.3) is 0 Å². The molecule has 0 N–H and O–H groups in total. The molecule has 1 fully saturated rings. The third-order valence-corrected chi connectivity index (χ3v) is 2.89. The summed E-state index contributed by atoms with van der Waals surface area (Å²) < 4.78 is 5.82. The van der Waals surface area contributed by atoms with Crippen molar-refractivity contribution in [1.82, 2.24) is 9.97 Å². The van der Waals surface area contributed by atoms with Gasteiger partial charge in [0.2, 0.25) is 0 Å². The van der Waals surface area contributed by atoms with Crippen LogP contribution in [0.3, 0.4) is 0 Å². The molecule has 2 heterocycles. The van der Waals surface area contributed by atoms with Gasteiger partial charge in [0.25, 0.3) is 0 Å². The summed E-state index contributed by atoms with van der Waals surface area (Å²) in [5.41, 5.74) is 0.352. The zero-order valence-electron chi connectivity index (χ0n) is 10.8. The number of nitriles is 1. The first-order valence-corrected chi connectivity index (χ1v) is 6.27. The Bertz CT molecular complexity index is 424. The number of hydrogen-bond donors (Lipinski definition) is 0. The lowest BCUT2D eigenvalue weighted by molar-refractivity contribution is 0.0497. The van der Waals surface area contributed by atoms with Gasteiger partial charge in [0.1, 0.15) is 11.9 Å². The van der Waals surface area contributed by atoms with Crippen LogP contribution in [0.4, 0.5) is 5.82 Å². The van der Waals surface area contributed by atoms with E-state index in [1.807, 2.05) is 6.07 Å². The maximum absolute atomic E-state index is 8.67. The van der Waals surface area contributed by atoms with Gasteiger partial charge in [0, 0.05) is 19.7 Å². The highest BCUT2D eigenvalue weighted by Gasteiger charge is 2.24. The van der Waals surface area contributed by atoms with Crippen molar-refractivity contribution in [3.05, 3.63) is 18.1 Å². The average molecular weight is 246 g/mol. The minimum Gasteiger partial charge on any atom is -0.376 e. The molecule has 0 amide bonds. The Labute approximate surface area is 107 Å². The van der Waals surface area contributed by atoms with Gasteiger partial charge in [-0.2, -0.15) is 5.26 Å². The van der Waals surface area contributed by atoms with Crippen molar-refractivity contribution in [2.24, 2.45) is 5.92 Å². The number of aromatic nitrogens is 2. The summed E-state index contributed by atoms with van der Waals surface area (Å²) in [6, 6.07) is 1.97. The van der Waals surface area contributed by atoms with E-state index >= 15 is 0 Å². The number of nitrogens with zero attached hydrogens (tertiary/aromatic N) is 4. The lowest BCUT2D eigenvalue weighted by atomic mass is 10.2. The van der Waals surface area contributed by atoms with E-state index in [0.29, 0.717) is 11.6 Å². The molecular weight excluding hydrogens is 228 g/mol. The van der Waals surface area contributed by atoms with Crippen LogP contribution in [0.2, 0.25) is 0 Å². The van der Waals surface area contributed by atoms with Crippen LogP contribution in [0.5, 0.6) is 0 Å². The summed E-state index contributed by atoms with van der Waals surface area (Å²) in [6.45, 7) is 6.89. The molecule has 0 aliphatic carbocycles. The van der Waals surface area contributed by atoms with Crippen LogP contribution >= 0.6 is 0 Å². The fourth-order valence-electron chi connectivity index (χ4n) is 1.94. The molecule has 5 nitrogen and oxygen atoms in total. The third-order valence-electron chi connectivity index (χ3n) is 2.89. The van der Waals surface area contributed by atoms with Gasteiger partial charge in [-0.25, -0.2) is 9.97 Å². The second-order valence-corrected chi connectivity index (χ2v) is 4.96. The van der Waals surface area contributed by atoms with Crippen LogP contribution in [-0.4, -0.2) is 35.8 Å². The highest BCUT2D eigenvalue weighted by Crippen LogP contribution is 2.19. The van der Waals surface area contributed by atoms with Crippen LogP contribution in [0.15, 0.2) is 12.4 Å². The molecule has 5 heteroatoms. The fraction of sp³-hybridized carbons (Fsp3) is 0.615. The van der Waals surface area contributed by atoms with E-state index in [1.54, 1.807) is 6.20 Å². The van der Waals surface area contributed by atoms with E-state index in [9.17, 15) is 0 Å². The SMILES string of the molecule is CC(C)COC1CCN(c2cnc(C#N)cn2)C1. The lowest BCUT2D eigenvalue weighted by Gasteiger charge is -2.17. The number of ether oxygens (including phenoxy) is 1. The Morgan fingerprint density at radius 1 is 1.50 bits per heavy atom. The molecular formula is C13H18N4O. The van der Waals surface area contributed by atoms with Crippen LogP contribution in [-0.2, 0) is 4.74 Å². The smallest absolute Gasteiger partial charge is 0.158 e. The number of rotatable bonds is 4. The summed E-state index contributed by atoms with van der Waals surface area (Å²) in [6.07, 6.45) is 4.47. The molecule has 0 aromatic carbocycles. The number of hydrogen-bond acceptors (Lipinski definition) is 5. The summed E-state index contributed by atoms with van der Waals surface area (Å²) in [7, 11) is 0. The Morgan fingerprint density at radius 3 is 2.94 bits per heavy atom. The quantitative estimate of drug-likeness (QED) is 0.807. The Hall–Kier alpha value is -1.67. The summed E-state index contributed by atoms with van der Waals surface area (Å²) >= 11 is 0. The second kappa shape index (κ2) is 5.78. The fourth-order valence-corrected chi connectivity index (χ4v) is 1.94. The maximum atomic E-state index is 8.67. The molecule has 0 saturated carbocycles. The highest BCUT2D eigenvalue weighted by molar-refractivity contribution is 5.38. The van der Waals surface area contributed by atoms with Gasteiger partial charge in [0.05, 0.1) is 18.5 Å². The van der Waals surface area contributed by atoms with Gasteiger partial charge in [-0.3, -0.25) is 0 Å². The topological polar surface area (TPSA) is 62.0 Å². The Morgan fingerprint density at radius 2 is 2.33 bits per heavy atom. The van der Waals surface area contributed by atoms with Crippen molar-refractivity contribution < 1.29 is 4.74 Å². The van der Waals surface area contributed by atoms with E-state index in [2.05, 4.69) is 28.7 Å². The molecule has 1 unspecified atom stereocenters. The van der Waals surface area contributed by atoms with Crippen molar-refractivity contribution >= 4 is 5.82 Å². The first-order valence-electron chi connectivity index (χ1n) is 6.27. The Balaban J connectivity index is 1.90. The van der Waals surface area contributed by atoms with Gasteiger partial charge in [-0.15, -0.1) is 0 Å². The molecule has 18 heavy (non-hydrogen) atoms. The molecule has 1 aliphatic rings. The molecule has 1 saturated heterocycles. The minimum absolute atomic E-state index is 0.282. The van der Waals surface area contributed by atoms with E-state index < -0.39 is 0 Å². The standard InChI is InChI=1S/C13H18N4O/c1-10(2)9-18-12-3-4-17(8-12)13-7-15-11(5-14)6-16-13/h6-7,10,12H,3-4,8-9H2,1-2H3. The largest absolute Gasteiger partial charge is 0.376 e. The molecule has 1 atom stereocenters.